The van der Waals surface area contributed by atoms with Gasteiger partial charge in [-0.2, -0.15) is 5.26 Å². The first-order valence-electron chi connectivity index (χ1n) is 4.57. The highest BCUT2D eigenvalue weighted by molar-refractivity contribution is 5.70. The van der Waals surface area contributed by atoms with E-state index in [1.807, 2.05) is 6.07 Å². The molecule has 1 aliphatic carbocycles. The Bertz CT molecular complexity index is 222. The van der Waals surface area contributed by atoms with Crippen LogP contribution in [0.2, 0.25) is 0 Å². The number of hydrogen-bond acceptors (Lipinski definition) is 3. The molecule has 0 bridgehead atoms. The topological polar surface area (TPSA) is 73.1 Å². The van der Waals surface area contributed by atoms with Crippen LogP contribution < -0.4 is 5.32 Å². The summed E-state index contributed by atoms with van der Waals surface area (Å²) in [6.07, 6.45) is 3.38. The Kier molecular flexibility index (Phi) is 3.71. The zero-order chi connectivity index (χ0) is 9.68. The van der Waals surface area contributed by atoms with Crippen molar-refractivity contribution in [1.82, 2.24) is 5.32 Å². The number of nitrogens with one attached hydrogen (secondary N) is 1. The minimum absolute atomic E-state index is 0.217. The maximum Gasteiger partial charge on any atom is 0.306 e. The molecular weight excluding hydrogens is 168 g/mol. The van der Waals surface area contributed by atoms with Gasteiger partial charge in [0, 0.05) is 6.04 Å². The molecule has 0 saturated heterocycles. The molecule has 2 N–H and O–H groups in total. The Balaban J connectivity index is 2.34. The van der Waals surface area contributed by atoms with Crippen LogP contribution in [0.3, 0.4) is 0 Å². The Labute approximate surface area is 77.6 Å². The van der Waals surface area contributed by atoms with Crippen LogP contribution in [-0.4, -0.2) is 23.7 Å². The van der Waals surface area contributed by atoms with Gasteiger partial charge in [0.2, 0.25) is 0 Å². The van der Waals surface area contributed by atoms with Crippen LogP contribution in [-0.2, 0) is 4.79 Å². The van der Waals surface area contributed by atoms with Gasteiger partial charge in [-0.1, -0.05) is 6.42 Å². The van der Waals surface area contributed by atoms with Crippen LogP contribution in [0.15, 0.2) is 0 Å². The first-order chi connectivity index (χ1) is 6.24. The van der Waals surface area contributed by atoms with Crippen LogP contribution in [0, 0.1) is 17.2 Å². The van der Waals surface area contributed by atoms with Gasteiger partial charge in [-0.3, -0.25) is 4.79 Å². The van der Waals surface area contributed by atoms with Crippen molar-refractivity contribution in [3.8, 4) is 6.07 Å². The minimum atomic E-state index is -0.705. The van der Waals surface area contributed by atoms with Crippen molar-refractivity contribution in [2.45, 2.75) is 31.7 Å². The molecule has 0 spiro atoms. The van der Waals surface area contributed by atoms with E-state index in [1.165, 1.54) is 0 Å². The lowest BCUT2D eigenvalue weighted by Crippen LogP contribution is -2.36. The molecule has 0 aromatic heterocycles. The number of carbonyl (C=O) groups is 1. The van der Waals surface area contributed by atoms with Crippen molar-refractivity contribution < 1.29 is 9.90 Å². The molecule has 4 heteroatoms. The number of carboxylic acid groups (broad SMARTS) is 1. The summed E-state index contributed by atoms with van der Waals surface area (Å²) in [6.45, 7) is 0.316. The fraction of sp³-hybridized carbons (Fsp3) is 0.778. The summed E-state index contributed by atoms with van der Waals surface area (Å²) in [5.41, 5.74) is 0. The van der Waals surface area contributed by atoms with Crippen molar-refractivity contribution in [1.29, 1.82) is 5.26 Å². The number of nitrogens with zero attached hydrogens (tertiary/aromatic N) is 1. The minimum Gasteiger partial charge on any atom is -0.481 e. The first-order valence-corrected chi connectivity index (χ1v) is 4.57. The van der Waals surface area contributed by atoms with E-state index in [1.54, 1.807) is 0 Å². The highest BCUT2D eigenvalue weighted by Crippen LogP contribution is 2.24. The van der Waals surface area contributed by atoms with Gasteiger partial charge >= 0.3 is 5.97 Å². The van der Waals surface area contributed by atoms with E-state index in [4.69, 9.17) is 10.4 Å². The molecule has 2 unspecified atom stereocenters. The van der Waals surface area contributed by atoms with Gasteiger partial charge in [-0.05, 0) is 19.3 Å². The van der Waals surface area contributed by atoms with Gasteiger partial charge in [0.25, 0.3) is 0 Å². The van der Waals surface area contributed by atoms with Crippen molar-refractivity contribution in [3.63, 3.8) is 0 Å². The van der Waals surface area contributed by atoms with E-state index in [0.29, 0.717) is 13.0 Å². The number of carboxylic acids is 1. The molecule has 1 aliphatic rings. The van der Waals surface area contributed by atoms with Crippen molar-refractivity contribution in [2.24, 2.45) is 5.92 Å². The number of nitriles is 1. The predicted molar refractivity (Wildman–Crippen MR) is 47.0 cm³/mol. The molecule has 2 atom stereocenters. The maximum atomic E-state index is 10.7. The monoisotopic (exact) mass is 182 g/mol. The van der Waals surface area contributed by atoms with E-state index in [0.717, 1.165) is 19.3 Å². The zero-order valence-electron chi connectivity index (χ0n) is 7.49. The third-order valence-electron chi connectivity index (χ3n) is 2.49. The number of aliphatic carboxylic acids is 1. The molecule has 72 valence electrons. The van der Waals surface area contributed by atoms with Gasteiger partial charge in [0.15, 0.2) is 0 Å². The Hall–Kier alpha value is -1.08. The van der Waals surface area contributed by atoms with Crippen LogP contribution in [0.5, 0.6) is 0 Å². The summed E-state index contributed by atoms with van der Waals surface area (Å²) in [4.78, 5) is 10.7. The van der Waals surface area contributed by atoms with Gasteiger partial charge in [0.1, 0.15) is 0 Å². The summed E-state index contributed by atoms with van der Waals surface area (Å²) >= 11 is 0. The summed E-state index contributed by atoms with van der Waals surface area (Å²) in [5.74, 6) is -0.923. The van der Waals surface area contributed by atoms with E-state index < -0.39 is 5.97 Å². The molecule has 0 aromatic carbocycles. The largest absolute Gasteiger partial charge is 0.481 e. The highest BCUT2D eigenvalue weighted by atomic mass is 16.4. The second-order valence-electron chi connectivity index (χ2n) is 3.44. The second kappa shape index (κ2) is 4.83. The van der Waals surface area contributed by atoms with Crippen LogP contribution in [0.4, 0.5) is 0 Å². The summed E-state index contributed by atoms with van der Waals surface area (Å²) < 4.78 is 0. The average Bonchev–Trinajstić information content (AvgIpc) is 2.15. The summed E-state index contributed by atoms with van der Waals surface area (Å²) in [5, 5.41) is 20.2. The molecule has 1 rings (SSSR count). The lowest BCUT2D eigenvalue weighted by molar-refractivity contribution is -0.143. The van der Waals surface area contributed by atoms with Crippen LogP contribution >= 0.6 is 0 Å². The molecule has 0 aliphatic heterocycles. The fourth-order valence-corrected chi connectivity index (χ4v) is 1.79. The van der Waals surface area contributed by atoms with E-state index in [2.05, 4.69) is 5.32 Å². The second-order valence-corrected chi connectivity index (χ2v) is 3.44. The van der Waals surface area contributed by atoms with E-state index >= 15 is 0 Å². The molecule has 0 heterocycles. The number of rotatable bonds is 3. The van der Waals surface area contributed by atoms with Gasteiger partial charge in [0.05, 0.1) is 18.5 Å². The Morgan fingerprint density at radius 3 is 3.00 bits per heavy atom. The lowest BCUT2D eigenvalue weighted by atomic mass is 9.86. The Morgan fingerprint density at radius 2 is 2.38 bits per heavy atom. The van der Waals surface area contributed by atoms with Crippen molar-refractivity contribution >= 4 is 5.97 Å². The lowest BCUT2D eigenvalue weighted by Gasteiger charge is -2.26. The van der Waals surface area contributed by atoms with Gasteiger partial charge in [-0.25, -0.2) is 0 Å². The van der Waals surface area contributed by atoms with Crippen LogP contribution in [0.25, 0.3) is 0 Å². The van der Waals surface area contributed by atoms with Crippen molar-refractivity contribution in [3.05, 3.63) is 0 Å². The summed E-state index contributed by atoms with van der Waals surface area (Å²) in [6, 6.07) is 2.22. The smallest absolute Gasteiger partial charge is 0.306 e. The first kappa shape index (κ1) is 10.0. The van der Waals surface area contributed by atoms with Crippen molar-refractivity contribution in [2.75, 3.05) is 6.54 Å². The predicted octanol–water partition coefficient (Wildman–Crippen LogP) is 0.743. The summed E-state index contributed by atoms with van der Waals surface area (Å²) in [7, 11) is 0. The SMILES string of the molecule is N#CCNC1CCCC(C(=O)O)C1. The molecular formula is C9H14N2O2. The molecule has 1 fully saturated rings. The molecule has 1 saturated carbocycles. The third kappa shape index (κ3) is 3.03. The van der Waals surface area contributed by atoms with Crippen LogP contribution in [0.1, 0.15) is 25.7 Å². The third-order valence-corrected chi connectivity index (χ3v) is 2.49. The zero-order valence-corrected chi connectivity index (χ0v) is 7.49. The normalized spacial score (nSPS) is 27.9. The molecule has 0 radical (unpaired) electrons. The Morgan fingerprint density at radius 1 is 1.62 bits per heavy atom. The van der Waals surface area contributed by atoms with Gasteiger partial charge < -0.3 is 10.4 Å². The van der Waals surface area contributed by atoms with Gasteiger partial charge in [-0.15, -0.1) is 0 Å². The average molecular weight is 182 g/mol. The van der Waals surface area contributed by atoms with E-state index in [-0.39, 0.29) is 12.0 Å². The molecule has 0 amide bonds. The fourth-order valence-electron chi connectivity index (χ4n) is 1.79. The standard InChI is InChI=1S/C9H14N2O2/c10-4-5-11-8-3-1-2-7(6-8)9(12)13/h7-8,11H,1-3,5-6H2,(H,12,13). The van der Waals surface area contributed by atoms with E-state index in [9.17, 15) is 4.79 Å². The maximum absolute atomic E-state index is 10.7. The molecule has 0 aromatic rings. The quantitative estimate of drug-likeness (QED) is 0.631. The molecule has 13 heavy (non-hydrogen) atoms. The number of hydrogen-bond donors (Lipinski definition) is 2. The molecule has 4 nitrogen and oxygen atoms in total. The highest BCUT2D eigenvalue weighted by Gasteiger charge is 2.26.